The molecule has 2 heterocycles. The first-order chi connectivity index (χ1) is 12.6. The quantitative estimate of drug-likeness (QED) is 0.891. The number of nitrogens with zero attached hydrogens (tertiary/aromatic N) is 3. The van der Waals surface area contributed by atoms with Gasteiger partial charge in [-0.1, -0.05) is 28.9 Å². The van der Waals surface area contributed by atoms with Crippen LogP contribution in [0.15, 0.2) is 28.8 Å². The van der Waals surface area contributed by atoms with E-state index in [0.717, 1.165) is 44.0 Å². The summed E-state index contributed by atoms with van der Waals surface area (Å²) in [4.78, 5) is 16.9. The van der Waals surface area contributed by atoms with Crippen molar-refractivity contribution in [1.29, 1.82) is 0 Å². The van der Waals surface area contributed by atoms with Crippen molar-refractivity contribution in [2.45, 2.75) is 25.8 Å². The summed E-state index contributed by atoms with van der Waals surface area (Å²) in [5.74, 6) is 1.11. The van der Waals surface area contributed by atoms with Gasteiger partial charge < -0.3 is 9.84 Å². The monoisotopic (exact) mass is 374 g/mol. The van der Waals surface area contributed by atoms with E-state index in [9.17, 15) is 4.79 Å². The molecule has 0 bridgehead atoms. The topological polar surface area (TPSA) is 61.6 Å². The Labute approximate surface area is 158 Å². The van der Waals surface area contributed by atoms with Gasteiger partial charge in [0, 0.05) is 43.3 Å². The zero-order chi connectivity index (χ0) is 18.1. The lowest BCUT2D eigenvalue weighted by atomic mass is 10.1. The number of rotatable bonds is 4. The van der Waals surface area contributed by atoms with E-state index in [4.69, 9.17) is 16.1 Å². The molecule has 1 aromatic heterocycles. The number of benzene rings is 1. The maximum atomic E-state index is 12.2. The third-order valence-electron chi connectivity index (χ3n) is 5.29. The molecule has 2 aromatic rings. The smallest absolute Gasteiger partial charge is 0.239 e. The first-order valence-electron chi connectivity index (χ1n) is 9.07. The predicted octanol–water partition coefficient (Wildman–Crippen LogP) is 2.88. The Bertz CT molecular complexity index is 799. The Kier molecular flexibility index (Phi) is 4.98. The number of aryl methyl sites for hydroxylation is 1. The van der Waals surface area contributed by atoms with Crippen LogP contribution in [0.4, 0.5) is 5.82 Å². The van der Waals surface area contributed by atoms with Crippen LogP contribution < -0.4 is 5.32 Å². The van der Waals surface area contributed by atoms with E-state index in [0.29, 0.717) is 24.2 Å². The van der Waals surface area contributed by atoms with E-state index < -0.39 is 0 Å². The van der Waals surface area contributed by atoms with Gasteiger partial charge in [0.2, 0.25) is 5.91 Å². The van der Waals surface area contributed by atoms with Gasteiger partial charge in [-0.15, -0.1) is 0 Å². The molecule has 138 valence electrons. The number of hydrogen-bond acceptors (Lipinski definition) is 5. The molecule has 7 heteroatoms. The number of halogens is 1. The summed E-state index contributed by atoms with van der Waals surface area (Å²) in [7, 11) is 0. The van der Waals surface area contributed by atoms with Gasteiger partial charge in [0.25, 0.3) is 0 Å². The second-order valence-electron chi connectivity index (χ2n) is 7.05. The van der Waals surface area contributed by atoms with Gasteiger partial charge in [-0.25, -0.2) is 0 Å². The SMILES string of the molecule is Cc1cc(NC(=O)CN2CCN([C@@H]3CCc4c(Cl)cccc43)CC2)no1. The van der Waals surface area contributed by atoms with Crippen molar-refractivity contribution in [3.8, 4) is 0 Å². The highest BCUT2D eigenvalue weighted by Gasteiger charge is 2.31. The fourth-order valence-corrected chi connectivity index (χ4v) is 4.29. The number of aromatic nitrogens is 1. The zero-order valence-corrected chi connectivity index (χ0v) is 15.6. The molecular weight excluding hydrogens is 352 g/mol. The molecule has 1 aromatic carbocycles. The van der Waals surface area contributed by atoms with Crippen molar-refractivity contribution in [2.75, 3.05) is 38.0 Å². The van der Waals surface area contributed by atoms with Crippen LogP contribution in [0.25, 0.3) is 0 Å². The summed E-state index contributed by atoms with van der Waals surface area (Å²) in [5.41, 5.74) is 2.69. The number of fused-ring (bicyclic) bond motifs is 1. The third kappa shape index (κ3) is 3.63. The van der Waals surface area contributed by atoms with Gasteiger partial charge in [0.05, 0.1) is 6.54 Å². The highest BCUT2D eigenvalue weighted by Crippen LogP contribution is 2.39. The van der Waals surface area contributed by atoms with E-state index in [-0.39, 0.29) is 5.91 Å². The van der Waals surface area contributed by atoms with E-state index in [1.807, 2.05) is 12.1 Å². The average Bonchev–Trinajstić information content (AvgIpc) is 3.23. The Morgan fingerprint density at radius 1 is 1.35 bits per heavy atom. The first kappa shape index (κ1) is 17.5. The minimum atomic E-state index is -0.0512. The molecular formula is C19H23ClN4O2. The number of carbonyl (C=O) groups excluding carboxylic acids is 1. The highest BCUT2D eigenvalue weighted by molar-refractivity contribution is 6.31. The standard InChI is InChI=1S/C19H23ClN4O2/c1-13-11-18(22-26-13)21-19(25)12-23-7-9-24(10-8-23)17-6-5-14-15(17)3-2-4-16(14)20/h2-4,11,17H,5-10,12H2,1H3,(H,21,22,25)/t17-/m1/s1. The summed E-state index contributed by atoms with van der Waals surface area (Å²) in [6.45, 7) is 5.89. The second-order valence-corrected chi connectivity index (χ2v) is 7.45. The maximum Gasteiger partial charge on any atom is 0.239 e. The Balaban J connectivity index is 1.30. The summed E-state index contributed by atoms with van der Waals surface area (Å²) < 4.78 is 4.97. The molecule has 1 fully saturated rings. The molecule has 0 saturated carbocycles. The van der Waals surface area contributed by atoms with Crippen LogP contribution in [-0.2, 0) is 11.2 Å². The van der Waals surface area contributed by atoms with E-state index in [1.54, 1.807) is 13.0 Å². The van der Waals surface area contributed by atoms with Gasteiger partial charge in [0.15, 0.2) is 5.82 Å². The number of nitrogens with one attached hydrogen (secondary N) is 1. The van der Waals surface area contributed by atoms with Crippen molar-refractivity contribution in [1.82, 2.24) is 15.0 Å². The fraction of sp³-hybridized carbons (Fsp3) is 0.474. The van der Waals surface area contributed by atoms with E-state index in [2.05, 4.69) is 26.3 Å². The van der Waals surface area contributed by atoms with E-state index >= 15 is 0 Å². The molecule has 26 heavy (non-hydrogen) atoms. The molecule has 1 saturated heterocycles. The van der Waals surface area contributed by atoms with Crippen LogP contribution in [0.1, 0.15) is 29.3 Å². The Hall–Kier alpha value is -1.89. The lowest BCUT2D eigenvalue weighted by Gasteiger charge is -2.38. The third-order valence-corrected chi connectivity index (χ3v) is 5.65. The van der Waals surface area contributed by atoms with Crippen molar-refractivity contribution in [3.05, 3.63) is 46.2 Å². The molecule has 1 N–H and O–H groups in total. The molecule has 6 nitrogen and oxygen atoms in total. The number of carbonyl (C=O) groups is 1. The van der Waals surface area contributed by atoms with Gasteiger partial charge in [-0.2, -0.15) is 0 Å². The van der Waals surface area contributed by atoms with Gasteiger partial charge in [0.1, 0.15) is 5.76 Å². The number of hydrogen-bond donors (Lipinski definition) is 1. The van der Waals surface area contributed by atoms with Crippen molar-refractivity contribution < 1.29 is 9.32 Å². The molecule has 4 rings (SSSR count). The number of amides is 1. The van der Waals surface area contributed by atoms with Crippen LogP contribution in [0, 0.1) is 6.92 Å². The lowest BCUT2D eigenvalue weighted by molar-refractivity contribution is -0.117. The van der Waals surface area contributed by atoms with Crippen LogP contribution in [-0.4, -0.2) is 53.6 Å². The molecule has 2 aliphatic rings. The summed E-state index contributed by atoms with van der Waals surface area (Å²) >= 11 is 6.34. The van der Waals surface area contributed by atoms with Crippen LogP contribution in [0.2, 0.25) is 5.02 Å². The summed E-state index contributed by atoms with van der Waals surface area (Å²) in [5, 5.41) is 7.47. The highest BCUT2D eigenvalue weighted by atomic mass is 35.5. The van der Waals surface area contributed by atoms with Crippen molar-refractivity contribution >= 4 is 23.3 Å². The molecule has 0 spiro atoms. The van der Waals surface area contributed by atoms with Gasteiger partial charge in [-0.3, -0.25) is 14.6 Å². The molecule has 0 radical (unpaired) electrons. The van der Waals surface area contributed by atoms with Crippen LogP contribution >= 0.6 is 11.6 Å². The number of anilines is 1. The normalized spacial score (nSPS) is 20.9. The van der Waals surface area contributed by atoms with Crippen molar-refractivity contribution in [2.24, 2.45) is 0 Å². The van der Waals surface area contributed by atoms with Crippen LogP contribution in [0.3, 0.4) is 0 Å². The second kappa shape index (κ2) is 7.39. The molecule has 1 atom stereocenters. The van der Waals surface area contributed by atoms with Crippen LogP contribution in [0.5, 0.6) is 0 Å². The molecule has 1 aliphatic heterocycles. The largest absolute Gasteiger partial charge is 0.360 e. The average molecular weight is 375 g/mol. The summed E-state index contributed by atoms with van der Waals surface area (Å²) in [6.07, 6.45) is 2.18. The first-order valence-corrected chi connectivity index (χ1v) is 9.45. The van der Waals surface area contributed by atoms with Gasteiger partial charge in [-0.05, 0) is 37.0 Å². The fourth-order valence-electron chi connectivity index (χ4n) is 4.01. The molecule has 1 amide bonds. The van der Waals surface area contributed by atoms with E-state index in [1.165, 1.54) is 11.1 Å². The minimum Gasteiger partial charge on any atom is -0.360 e. The predicted molar refractivity (Wildman–Crippen MR) is 100 cm³/mol. The molecule has 1 aliphatic carbocycles. The number of piperazine rings is 1. The van der Waals surface area contributed by atoms with Gasteiger partial charge >= 0.3 is 0 Å². The van der Waals surface area contributed by atoms with Crippen molar-refractivity contribution in [3.63, 3.8) is 0 Å². The maximum absolute atomic E-state index is 12.2. The Morgan fingerprint density at radius 2 is 2.15 bits per heavy atom. The lowest BCUT2D eigenvalue weighted by Crippen LogP contribution is -2.49. The zero-order valence-electron chi connectivity index (χ0n) is 14.9. The minimum absolute atomic E-state index is 0.0512. The summed E-state index contributed by atoms with van der Waals surface area (Å²) in [6, 6.07) is 8.41. The Morgan fingerprint density at radius 3 is 2.88 bits per heavy atom. The molecule has 0 unspecified atom stereocenters.